The maximum atomic E-state index is 13.7. The lowest BCUT2D eigenvalue weighted by atomic mass is 10.1. The van der Waals surface area contributed by atoms with Crippen molar-refractivity contribution < 1.29 is 18.7 Å². The predicted molar refractivity (Wildman–Crippen MR) is 88.5 cm³/mol. The Bertz CT molecular complexity index is 738. The van der Waals surface area contributed by atoms with Crippen molar-refractivity contribution in [1.82, 2.24) is 0 Å². The summed E-state index contributed by atoms with van der Waals surface area (Å²) in [7, 11) is 1.44. The molecule has 1 N–H and O–H groups in total. The maximum absolute atomic E-state index is 13.7. The fourth-order valence-corrected chi connectivity index (χ4v) is 2.34. The van der Waals surface area contributed by atoms with Crippen molar-refractivity contribution in [2.24, 2.45) is 0 Å². The molecule has 122 valence electrons. The van der Waals surface area contributed by atoms with Crippen molar-refractivity contribution in [3.8, 4) is 11.5 Å². The number of carbonyl (C=O) groups excluding carboxylic acids is 1. The summed E-state index contributed by atoms with van der Waals surface area (Å²) >= 11 is 11.8. The Labute approximate surface area is 143 Å². The van der Waals surface area contributed by atoms with Crippen molar-refractivity contribution in [3.63, 3.8) is 0 Å². The van der Waals surface area contributed by atoms with Gasteiger partial charge in [-0.3, -0.25) is 4.79 Å². The van der Waals surface area contributed by atoms with Gasteiger partial charge in [-0.2, -0.15) is 0 Å². The molecule has 0 heterocycles. The molecule has 0 saturated carbocycles. The molecule has 0 aliphatic rings. The van der Waals surface area contributed by atoms with Gasteiger partial charge >= 0.3 is 0 Å². The van der Waals surface area contributed by atoms with E-state index in [1.165, 1.54) is 31.4 Å². The molecule has 23 heavy (non-hydrogen) atoms. The first-order valence-electron chi connectivity index (χ1n) is 6.73. The Hall–Kier alpha value is -1.98. The minimum absolute atomic E-state index is 0.0170. The summed E-state index contributed by atoms with van der Waals surface area (Å²) in [6.07, 6.45) is 0. The molecule has 2 rings (SSSR count). The number of anilines is 1. The Morgan fingerprint density at radius 3 is 2.61 bits per heavy atom. The third-order valence-corrected chi connectivity index (χ3v) is 3.48. The second kappa shape index (κ2) is 7.53. The molecule has 0 spiro atoms. The van der Waals surface area contributed by atoms with Crippen LogP contribution in [0.3, 0.4) is 0 Å². The lowest BCUT2D eigenvalue weighted by molar-refractivity contribution is 0.102. The van der Waals surface area contributed by atoms with Crippen LogP contribution in [-0.4, -0.2) is 19.6 Å². The molecular weight excluding hydrogens is 344 g/mol. The molecule has 0 fully saturated rings. The number of nitrogens with one attached hydrogen (secondary N) is 1. The summed E-state index contributed by atoms with van der Waals surface area (Å²) in [4.78, 5) is 12.3. The highest BCUT2D eigenvalue weighted by atomic mass is 35.5. The van der Waals surface area contributed by atoms with Gasteiger partial charge in [0.1, 0.15) is 5.82 Å². The highest BCUT2D eigenvalue weighted by Gasteiger charge is 2.16. The summed E-state index contributed by atoms with van der Waals surface area (Å²) in [6, 6.07) is 6.87. The highest BCUT2D eigenvalue weighted by Crippen LogP contribution is 2.36. The molecule has 0 radical (unpaired) electrons. The third-order valence-electron chi connectivity index (χ3n) is 2.96. The first-order valence-corrected chi connectivity index (χ1v) is 7.48. The summed E-state index contributed by atoms with van der Waals surface area (Å²) < 4.78 is 24.3. The average molecular weight is 358 g/mol. The van der Waals surface area contributed by atoms with E-state index in [-0.39, 0.29) is 21.3 Å². The van der Waals surface area contributed by atoms with Crippen LogP contribution in [0, 0.1) is 5.82 Å². The predicted octanol–water partition coefficient (Wildman–Crippen LogP) is 4.79. The van der Waals surface area contributed by atoms with E-state index in [0.717, 1.165) is 6.07 Å². The topological polar surface area (TPSA) is 47.6 Å². The lowest BCUT2D eigenvalue weighted by Crippen LogP contribution is -2.13. The highest BCUT2D eigenvalue weighted by molar-refractivity contribution is 6.33. The van der Waals surface area contributed by atoms with Crippen molar-refractivity contribution in [1.29, 1.82) is 0 Å². The van der Waals surface area contributed by atoms with Gasteiger partial charge in [-0.15, -0.1) is 0 Å². The number of ether oxygens (including phenoxy) is 2. The zero-order valence-electron chi connectivity index (χ0n) is 12.5. The summed E-state index contributed by atoms with van der Waals surface area (Å²) in [6.45, 7) is 2.21. The van der Waals surface area contributed by atoms with E-state index in [0.29, 0.717) is 18.1 Å². The molecule has 2 aromatic rings. The first-order chi connectivity index (χ1) is 11.0. The first kappa shape index (κ1) is 17.4. The molecule has 4 nitrogen and oxygen atoms in total. The number of hydrogen-bond acceptors (Lipinski definition) is 3. The molecule has 1 amide bonds. The van der Waals surface area contributed by atoms with Gasteiger partial charge in [-0.05, 0) is 37.3 Å². The van der Waals surface area contributed by atoms with Crippen LogP contribution in [-0.2, 0) is 0 Å². The van der Waals surface area contributed by atoms with E-state index in [2.05, 4.69) is 5.32 Å². The van der Waals surface area contributed by atoms with Crippen LogP contribution >= 0.6 is 23.2 Å². The third kappa shape index (κ3) is 4.06. The zero-order valence-corrected chi connectivity index (χ0v) is 14.0. The minimum atomic E-state index is -0.630. The Kier molecular flexibility index (Phi) is 5.69. The molecule has 0 atom stereocenters. The second-order valence-corrected chi connectivity index (χ2v) is 5.34. The molecule has 0 aliphatic heterocycles. The SMILES string of the molecule is CCOc1c(Cl)cc(C(=O)Nc2ccc(Cl)cc2F)cc1OC. The number of halogens is 3. The number of amides is 1. The number of methoxy groups -OCH3 is 1. The Morgan fingerprint density at radius 2 is 2.00 bits per heavy atom. The monoisotopic (exact) mass is 357 g/mol. The van der Waals surface area contributed by atoms with Crippen LogP contribution in [0.2, 0.25) is 10.0 Å². The van der Waals surface area contributed by atoms with Crippen LogP contribution < -0.4 is 14.8 Å². The van der Waals surface area contributed by atoms with Crippen LogP contribution in [0.15, 0.2) is 30.3 Å². The van der Waals surface area contributed by atoms with Gasteiger partial charge in [0.25, 0.3) is 5.91 Å². The molecule has 0 saturated heterocycles. The summed E-state index contributed by atoms with van der Waals surface area (Å²) in [5.74, 6) is -0.490. The van der Waals surface area contributed by atoms with Crippen molar-refractivity contribution in [2.75, 3.05) is 19.0 Å². The molecule has 2 aromatic carbocycles. The minimum Gasteiger partial charge on any atom is -0.493 e. The largest absolute Gasteiger partial charge is 0.493 e. The molecule has 0 aromatic heterocycles. The maximum Gasteiger partial charge on any atom is 0.255 e. The Balaban J connectivity index is 2.30. The fraction of sp³-hybridized carbons (Fsp3) is 0.188. The van der Waals surface area contributed by atoms with Gasteiger partial charge in [-0.1, -0.05) is 23.2 Å². The van der Waals surface area contributed by atoms with Crippen molar-refractivity contribution in [3.05, 3.63) is 51.8 Å². The van der Waals surface area contributed by atoms with Crippen molar-refractivity contribution in [2.45, 2.75) is 6.92 Å². The van der Waals surface area contributed by atoms with Gasteiger partial charge in [0.15, 0.2) is 11.5 Å². The standard InChI is InChI=1S/C16H14Cl2FNO3/c1-3-23-15-11(18)6-9(7-14(15)22-2)16(21)20-13-5-4-10(17)8-12(13)19/h4-8H,3H2,1-2H3,(H,20,21). The van der Waals surface area contributed by atoms with E-state index in [4.69, 9.17) is 32.7 Å². The summed E-state index contributed by atoms with van der Waals surface area (Å²) in [5, 5.41) is 2.93. The summed E-state index contributed by atoms with van der Waals surface area (Å²) in [5.41, 5.74) is 0.230. The van der Waals surface area contributed by atoms with Crippen LogP contribution in [0.25, 0.3) is 0 Å². The van der Waals surface area contributed by atoms with Crippen molar-refractivity contribution >= 4 is 34.8 Å². The van der Waals surface area contributed by atoms with E-state index < -0.39 is 11.7 Å². The molecule has 0 aliphatic carbocycles. The van der Waals surface area contributed by atoms with E-state index in [9.17, 15) is 9.18 Å². The quantitative estimate of drug-likeness (QED) is 0.836. The number of hydrogen-bond donors (Lipinski definition) is 1. The van der Waals surface area contributed by atoms with E-state index >= 15 is 0 Å². The zero-order chi connectivity index (χ0) is 17.0. The van der Waals surface area contributed by atoms with Gasteiger partial charge in [0.2, 0.25) is 0 Å². The lowest BCUT2D eigenvalue weighted by Gasteiger charge is -2.13. The number of benzene rings is 2. The van der Waals surface area contributed by atoms with Crippen LogP contribution in [0.4, 0.5) is 10.1 Å². The van der Waals surface area contributed by atoms with Gasteiger partial charge in [-0.25, -0.2) is 4.39 Å². The van der Waals surface area contributed by atoms with Crippen LogP contribution in [0.5, 0.6) is 11.5 Å². The molecule has 0 unspecified atom stereocenters. The van der Waals surface area contributed by atoms with E-state index in [1.54, 1.807) is 6.92 Å². The van der Waals surface area contributed by atoms with Gasteiger partial charge in [0, 0.05) is 10.6 Å². The normalized spacial score (nSPS) is 10.3. The number of rotatable bonds is 5. The van der Waals surface area contributed by atoms with Crippen LogP contribution in [0.1, 0.15) is 17.3 Å². The van der Waals surface area contributed by atoms with Gasteiger partial charge in [0.05, 0.1) is 24.4 Å². The average Bonchev–Trinajstić information content (AvgIpc) is 2.51. The van der Waals surface area contributed by atoms with Gasteiger partial charge < -0.3 is 14.8 Å². The van der Waals surface area contributed by atoms with E-state index in [1.807, 2.05) is 0 Å². The smallest absolute Gasteiger partial charge is 0.255 e. The Morgan fingerprint density at radius 1 is 1.26 bits per heavy atom. The molecule has 7 heteroatoms. The number of carbonyl (C=O) groups is 1. The molecular formula is C16H14Cl2FNO3. The second-order valence-electron chi connectivity index (χ2n) is 4.50. The fourth-order valence-electron chi connectivity index (χ4n) is 1.92. The molecule has 0 bridgehead atoms.